The van der Waals surface area contributed by atoms with E-state index < -0.39 is 0 Å². The maximum atomic E-state index is 5.81. The lowest BCUT2D eigenvalue weighted by molar-refractivity contribution is 0.199. The van der Waals surface area contributed by atoms with Gasteiger partial charge in [0.05, 0.1) is 7.11 Å². The van der Waals surface area contributed by atoms with Crippen LogP contribution < -0.4 is 9.47 Å². The summed E-state index contributed by atoms with van der Waals surface area (Å²) in [6.07, 6.45) is 1.28. The standard InChI is InChI=1S/C11H15BrN2O2/c1-14-4-3-8(7-14)16-11-6-9(15-2)5-10(12)13-11/h5-6,8H,3-4,7H2,1-2H3. The van der Waals surface area contributed by atoms with Crippen LogP contribution in [0.25, 0.3) is 0 Å². The zero-order valence-electron chi connectivity index (χ0n) is 9.44. The Bertz CT molecular complexity index is 373. The fraction of sp³-hybridized carbons (Fsp3) is 0.545. The molecule has 1 unspecified atom stereocenters. The van der Waals surface area contributed by atoms with E-state index in [1.54, 1.807) is 7.11 Å². The van der Waals surface area contributed by atoms with Crippen molar-refractivity contribution in [2.75, 3.05) is 27.2 Å². The molecule has 2 rings (SSSR count). The lowest BCUT2D eigenvalue weighted by atomic mass is 10.3. The highest BCUT2D eigenvalue weighted by molar-refractivity contribution is 9.10. The highest BCUT2D eigenvalue weighted by Crippen LogP contribution is 2.24. The van der Waals surface area contributed by atoms with E-state index in [4.69, 9.17) is 9.47 Å². The molecule has 88 valence electrons. The minimum atomic E-state index is 0.233. The highest BCUT2D eigenvalue weighted by Gasteiger charge is 2.21. The van der Waals surface area contributed by atoms with Crippen LogP contribution >= 0.6 is 15.9 Å². The van der Waals surface area contributed by atoms with Gasteiger partial charge in [0.1, 0.15) is 16.5 Å². The van der Waals surface area contributed by atoms with Crippen LogP contribution in [0.2, 0.25) is 0 Å². The minimum Gasteiger partial charge on any atom is -0.496 e. The van der Waals surface area contributed by atoms with Crippen molar-refractivity contribution < 1.29 is 9.47 Å². The summed E-state index contributed by atoms with van der Waals surface area (Å²) in [6.45, 7) is 2.03. The van der Waals surface area contributed by atoms with Gasteiger partial charge in [-0.15, -0.1) is 0 Å². The molecule has 4 nitrogen and oxygen atoms in total. The predicted octanol–water partition coefficient (Wildman–Crippen LogP) is 1.94. The summed E-state index contributed by atoms with van der Waals surface area (Å²) in [5.41, 5.74) is 0. The molecule has 1 aliphatic heterocycles. The quantitative estimate of drug-likeness (QED) is 0.796. The second kappa shape index (κ2) is 5.01. The lowest BCUT2D eigenvalue weighted by Gasteiger charge is -2.13. The number of aromatic nitrogens is 1. The first kappa shape index (κ1) is 11.7. The largest absolute Gasteiger partial charge is 0.496 e. The van der Waals surface area contributed by atoms with E-state index in [0.29, 0.717) is 5.88 Å². The second-order valence-corrected chi connectivity index (χ2v) is 4.77. The molecular formula is C11H15BrN2O2. The van der Waals surface area contributed by atoms with Crippen molar-refractivity contribution >= 4 is 15.9 Å². The fourth-order valence-electron chi connectivity index (χ4n) is 1.79. The number of likely N-dealkylation sites (tertiary alicyclic amines) is 1. The van der Waals surface area contributed by atoms with Crippen molar-refractivity contribution in [1.29, 1.82) is 0 Å². The molecule has 1 saturated heterocycles. The smallest absolute Gasteiger partial charge is 0.218 e. The van der Waals surface area contributed by atoms with Gasteiger partial charge in [-0.25, -0.2) is 4.98 Å². The van der Waals surface area contributed by atoms with E-state index in [2.05, 4.69) is 32.9 Å². The molecule has 0 amide bonds. The van der Waals surface area contributed by atoms with Crippen molar-refractivity contribution in [2.45, 2.75) is 12.5 Å². The van der Waals surface area contributed by atoms with Crippen LogP contribution in [0.4, 0.5) is 0 Å². The second-order valence-electron chi connectivity index (χ2n) is 3.96. The maximum Gasteiger partial charge on any atom is 0.218 e. The molecule has 0 bridgehead atoms. The van der Waals surface area contributed by atoms with Gasteiger partial charge in [0.2, 0.25) is 5.88 Å². The molecule has 0 aromatic carbocycles. The normalized spacial score (nSPS) is 21.1. The number of hydrogen-bond donors (Lipinski definition) is 0. The van der Waals surface area contributed by atoms with E-state index in [9.17, 15) is 0 Å². The number of nitrogens with zero attached hydrogens (tertiary/aromatic N) is 2. The lowest BCUT2D eigenvalue weighted by Crippen LogP contribution is -2.21. The molecule has 0 saturated carbocycles. The van der Waals surface area contributed by atoms with E-state index in [1.165, 1.54) is 0 Å². The third-order valence-corrected chi connectivity index (χ3v) is 3.02. The molecule has 0 aliphatic carbocycles. The number of methoxy groups -OCH3 is 1. The predicted molar refractivity (Wildman–Crippen MR) is 65.0 cm³/mol. The first-order valence-corrected chi connectivity index (χ1v) is 6.03. The topological polar surface area (TPSA) is 34.6 Å². The third kappa shape index (κ3) is 2.86. The SMILES string of the molecule is COc1cc(Br)nc(OC2CCN(C)C2)c1. The van der Waals surface area contributed by atoms with Crippen LogP contribution in [0.15, 0.2) is 16.7 Å². The number of halogens is 1. The van der Waals surface area contributed by atoms with E-state index in [-0.39, 0.29) is 6.10 Å². The molecule has 5 heteroatoms. The van der Waals surface area contributed by atoms with Crippen LogP contribution in [0, 0.1) is 0 Å². The summed E-state index contributed by atoms with van der Waals surface area (Å²) >= 11 is 3.33. The number of rotatable bonds is 3. The van der Waals surface area contributed by atoms with E-state index in [0.717, 1.165) is 29.9 Å². The van der Waals surface area contributed by atoms with Crippen LogP contribution in [-0.4, -0.2) is 43.2 Å². The summed E-state index contributed by atoms with van der Waals surface area (Å²) < 4.78 is 11.7. The van der Waals surface area contributed by atoms with Crippen LogP contribution in [0.1, 0.15) is 6.42 Å². The summed E-state index contributed by atoms with van der Waals surface area (Å²) in [6, 6.07) is 3.62. The highest BCUT2D eigenvalue weighted by atomic mass is 79.9. The molecule has 0 spiro atoms. The van der Waals surface area contributed by atoms with Crippen LogP contribution in [-0.2, 0) is 0 Å². The number of likely N-dealkylation sites (N-methyl/N-ethyl adjacent to an activating group) is 1. The summed E-state index contributed by atoms with van der Waals surface area (Å²) in [5.74, 6) is 1.37. The Hall–Kier alpha value is -0.810. The van der Waals surface area contributed by atoms with Crippen molar-refractivity contribution in [3.63, 3.8) is 0 Å². The van der Waals surface area contributed by atoms with E-state index >= 15 is 0 Å². The van der Waals surface area contributed by atoms with Gasteiger partial charge in [-0.05, 0) is 29.4 Å². The van der Waals surface area contributed by atoms with Gasteiger partial charge in [0.15, 0.2) is 0 Å². The molecule has 1 aliphatic rings. The monoisotopic (exact) mass is 286 g/mol. The molecule has 1 fully saturated rings. The number of pyridine rings is 1. The van der Waals surface area contributed by atoms with Crippen LogP contribution in [0.5, 0.6) is 11.6 Å². The average molecular weight is 287 g/mol. The Morgan fingerprint density at radius 3 is 2.94 bits per heavy atom. The first-order chi connectivity index (χ1) is 7.67. The molecule has 1 aromatic heterocycles. The number of ether oxygens (including phenoxy) is 2. The Balaban J connectivity index is 2.06. The average Bonchev–Trinajstić information content (AvgIpc) is 2.63. The van der Waals surface area contributed by atoms with Crippen molar-refractivity contribution in [1.82, 2.24) is 9.88 Å². The zero-order valence-corrected chi connectivity index (χ0v) is 11.0. The van der Waals surface area contributed by atoms with Gasteiger partial charge >= 0.3 is 0 Å². The Kier molecular flexibility index (Phi) is 3.66. The van der Waals surface area contributed by atoms with Gasteiger partial charge in [0.25, 0.3) is 0 Å². The van der Waals surface area contributed by atoms with Gasteiger partial charge < -0.3 is 14.4 Å². The third-order valence-electron chi connectivity index (χ3n) is 2.62. The van der Waals surface area contributed by atoms with Crippen molar-refractivity contribution in [3.8, 4) is 11.6 Å². The summed E-state index contributed by atoms with van der Waals surface area (Å²) in [5, 5.41) is 0. The Labute approximate surface area is 104 Å². The minimum absolute atomic E-state index is 0.233. The van der Waals surface area contributed by atoms with Gasteiger partial charge in [0, 0.05) is 25.2 Å². The molecule has 2 heterocycles. The zero-order chi connectivity index (χ0) is 11.5. The molecule has 0 N–H and O–H groups in total. The molecule has 1 aromatic rings. The molecular weight excluding hydrogens is 272 g/mol. The summed E-state index contributed by atoms with van der Waals surface area (Å²) in [4.78, 5) is 6.52. The van der Waals surface area contributed by atoms with Crippen molar-refractivity contribution in [2.24, 2.45) is 0 Å². The van der Waals surface area contributed by atoms with E-state index in [1.807, 2.05) is 12.1 Å². The van der Waals surface area contributed by atoms with Gasteiger partial charge in [-0.1, -0.05) is 0 Å². The maximum absolute atomic E-state index is 5.81. The fourth-order valence-corrected chi connectivity index (χ4v) is 2.19. The first-order valence-electron chi connectivity index (χ1n) is 5.24. The Morgan fingerprint density at radius 1 is 1.50 bits per heavy atom. The summed E-state index contributed by atoms with van der Waals surface area (Å²) in [7, 11) is 3.73. The van der Waals surface area contributed by atoms with Gasteiger partial charge in [-0.3, -0.25) is 0 Å². The van der Waals surface area contributed by atoms with Crippen molar-refractivity contribution in [3.05, 3.63) is 16.7 Å². The Morgan fingerprint density at radius 2 is 2.31 bits per heavy atom. The number of hydrogen-bond acceptors (Lipinski definition) is 4. The molecule has 0 radical (unpaired) electrons. The van der Waals surface area contributed by atoms with Gasteiger partial charge in [-0.2, -0.15) is 0 Å². The molecule has 1 atom stereocenters. The molecule has 16 heavy (non-hydrogen) atoms. The van der Waals surface area contributed by atoms with Crippen LogP contribution in [0.3, 0.4) is 0 Å².